The van der Waals surface area contributed by atoms with Gasteiger partial charge in [0.05, 0.1) is 6.61 Å². The summed E-state index contributed by atoms with van der Waals surface area (Å²) >= 11 is 0. The van der Waals surface area contributed by atoms with Crippen LogP contribution >= 0.6 is 0 Å². The molecule has 18 heavy (non-hydrogen) atoms. The van der Waals surface area contributed by atoms with Gasteiger partial charge in [0.25, 0.3) is 5.89 Å². The molecule has 1 fully saturated rings. The molecule has 3 heterocycles. The zero-order valence-electron chi connectivity index (χ0n) is 10.5. The molecule has 3 rings (SSSR count). The third-order valence-corrected chi connectivity index (χ3v) is 3.09. The maximum atomic E-state index is 5.32. The van der Waals surface area contributed by atoms with Crippen LogP contribution in [0.25, 0.3) is 11.6 Å². The minimum atomic E-state index is 0.259. The fourth-order valence-corrected chi connectivity index (χ4v) is 1.98. The lowest BCUT2D eigenvalue weighted by Crippen LogP contribution is -2.01. The lowest BCUT2D eigenvalue weighted by Gasteiger charge is -2.02. The van der Waals surface area contributed by atoms with Gasteiger partial charge in [0, 0.05) is 24.8 Å². The average Bonchev–Trinajstić information content (AvgIpc) is 3.10. The maximum Gasteiger partial charge on any atom is 0.278 e. The van der Waals surface area contributed by atoms with Gasteiger partial charge >= 0.3 is 0 Å². The Bertz CT molecular complexity index is 526. The standard InChI is InChI=1S/C12H16N4O2/c1-8(2)16-5-3-10(14-16)12-13-11(15-18-12)9-4-6-17-7-9/h3,5,8-9H,4,6-7H2,1-2H3/t9-/m1/s1. The average molecular weight is 248 g/mol. The summed E-state index contributed by atoms with van der Waals surface area (Å²) in [5.41, 5.74) is 0.723. The first-order chi connectivity index (χ1) is 8.74. The minimum Gasteiger partial charge on any atom is -0.381 e. The molecule has 96 valence electrons. The van der Waals surface area contributed by atoms with Crippen molar-refractivity contribution in [1.82, 2.24) is 19.9 Å². The molecule has 2 aromatic heterocycles. The Morgan fingerprint density at radius 1 is 1.44 bits per heavy atom. The SMILES string of the molecule is CC(C)n1ccc(-c2nc([C@@H]3CCOC3)no2)n1. The van der Waals surface area contributed by atoms with E-state index >= 15 is 0 Å². The highest BCUT2D eigenvalue weighted by atomic mass is 16.5. The van der Waals surface area contributed by atoms with Crippen molar-refractivity contribution < 1.29 is 9.26 Å². The topological polar surface area (TPSA) is 66.0 Å². The van der Waals surface area contributed by atoms with Crippen molar-refractivity contribution in [3.8, 4) is 11.6 Å². The van der Waals surface area contributed by atoms with E-state index in [2.05, 4.69) is 29.1 Å². The number of ether oxygens (including phenoxy) is 1. The Balaban J connectivity index is 1.83. The molecule has 0 spiro atoms. The first-order valence-electron chi connectivity index (χ1n) is 6.21. The van der Waals surface area contributed by atoms with Crippen molar-refractivity contribution in [2.24, 2.45) is 0 Å². The fraction of sp³-hybridized carbons (Fsp3) is 0.583. The molecule has 0 bridgehead atoms. The van der Waals surface area contributed by atoms with Gasteiger partial charge in [0.15, 0.2) is 11.5 Å². The van der Waals surface area contributed by atoms with Crippen molar-refractivity contribution in [1.29, 1.82) is 0 Å². The summed E-state index contributed by atoms with van der Waals surface area (Å²) in [7, 11) is 0. The van der Waals surface area contributed by atoms with Crippen molar-refractivity contribution in [3.63, 3.8) is 0 Å². The second-order valence-corrected chi connectivity index (χ2v) is 4.79. The monoisotopic (exact) mass is 248 g/mol. The van der Waals surface area contributed by atoms with E-state index in [4.69, 9.17) is 9.26 Å². The lowest BCUT2D eigenvalue weighted by molar-refractivity contribution is 0.192. The Kier molecular flexibility index (Phi) is 2.87. The van der Waals surface area contributed by atoms with E-state index in [0.717, 1.165) is 24.5 Å². The van der Waals surface area contributed by atoms with Crippen LogP contribution in [0.1, 0.15) is 38.1 Å². The summed E-state index contributed by atoms with van der Waals surface area (Å²) in [5.74, 6) is 1.47. The van der Waals surface area contributed by atoms with Gasteiger partial charge in [-0.25, -0.2) is 0 Å². The smallest absolute Gasteiger partial charge is 0.278 e. The van der Waals surface area contributed by atoms with Gasteiger partial charge in [-0.2, -0.15) is 10.1 Å². The zero-order chi connectivity index (χ0) is 12.5. The Morgan fingerprint density at radius 2 is 2.33 bits per heavy atom. The van der Waals surface area contributed by atoms with E-state index in [0.29, 0.717) is 18.5 Å². The van der Waals surface area contributed by atoms with Crippen LogP contribution in [-0.2, 0) is 4.74 Å². The molecule has 0 unspecified atom stereocenters. The highest BCUT2D eigenvalue weighted by Gasteiger charge is 2.24. The molecular formula is C12H16N4O2. The van der Waals surface area contributed by atoms with Gasteiger partial charge in [0.2, 0.25) is 0 Å². The quantitative estimate of drug-likeness (QED) is 0.831. The van der Waals surface area contributed by atoms with Crippen LogP contribution in [-0.4, -0.2) is 33.1 Å². The number of hydrogen-bond donors (Lipinski definition) is 0. The van der Waals surface area contributed by atoms with Crippen molar-refractivity contribution in [2.75, 3.05) is 13.2 Å². The molecule has 0 aromatic carbocycles. The van der Waals surface area contributed by atoms with Crippen LogP contribution < -0.4 is 0 Å². The van der Waals surface area contributed by atoms with Gasteiger partial charge in [-0.3, -0.25) is 4.68 Å². The highest BCUT2D eigenvalue weighted by molar-refractivity contribution is 5.45. The molecule has 0 amide bonds. The molecule has 2 aromatic rings. The van der Waals surface area contributed by atoms with Gasteiger partial charge in [-0.15, -0.1) is 0 Å². The van der Waals surface area contributed by atoms with Gasteiger partial charge in [-0.05, 0) is 26.3 Å². The summed E-state index contributed by atoms with van der Waals surface area (Å²) in [5, 5.41) is 8.42. The van der Waals surface area contributed by atoms with E-state index in [1.54, 1.807) is 0 Å². The molecule has 0 saturated carbocycles. The van der Waals surface area contributed by atoms with Gasteiger partial charge < -0.3 is 9.26 Å². The fourth-order valence-electron chi connectivity index (χ4n) is 1.98. The summed E-state index contributed by atoms with van der Waals surface area (Å²) < 4.78 is 12.5. The van der Waals surface area contributed by atoms with E-state index in [9.17, 15) is 0 Å². The molecule has 0 radical (unpaired) electrons. The van der Waals surface area contributed by atoms with Crippen molar-refractivity contribution in [2.45, 2.75) is 32.2 Å². The maximum absolute atomic E-state index is 5.32. The van der Waals surface area contributed by atoms with Crippen LogP contribution in [0, 0.1) is 0 Å². The summed E-state index contributed by atoms with van der Waals surface area (Å²) in [6, 6.07) is 2.21. The molecule has 1 atom stereocenters. The second kappa shape index (κ2) is 4.53. The predicted octanol–water partition coefficient (Wildman–Crippen LogP) is 2.02. The second-order valence-electron chi connectivity index (χ2n) is 4.79. The molecule has 1 saturated heterocycles. The van der Waals surface area contributed by atoms with E-state index in [1.807, 2.05) is 16.9 Å². The van der Waals surface area contributed by atoms with Gasteiger partial charge in [-0.1, -0.05) is 5.16 Å². The number of nitrogens with zero attached hydrogens (tertiary/aromatic N) is 4. The van der Waals surface area contributed by atoms with E-state index in [1.165, 1.54) is 0 Å². The number of aromatic nitrogens is 4. The summed E-state index contributed by atoms with van der Waals surface area (Å²) in [6.45, 7) is 5.60. The van der Waals surface area contributed by atoms with Crippen LogP contribution in [0.4, 0.5) is 0 Å². The van der Waals surface area contributed by atoms with Crippen LogP contribution in [0.3, 0.4) is 0 Å². The normalized spacial score (nSPS) is 19.8. The molecule has 1 aliphatic rings. The summed E-state index contributed by atoms with van der Waals surface area (Å²) in [4.78, 5) is 4.40. The van der Waals surface area contributed by atoms with E-state index < -0.39 is 0 Å². The third kappa shape index (κ3) is 2.03. The van der Waals surface area contributed by atoms with Crippen LogP contribution in [0.5, 0.6) is 0 Å². The highest BCUT2D eigenvalue weighted by Crippen LogP contribution is 2.25. The first-order valence-corrected chi connectivity index (χ1v) is 6.21. The van der Waals surface area contributed by atoms with Crippen LogP contribution in [0.15, 0.2) is 16.8 Å². The summed E-state index contributed by atoms with van der Waals surface area (Å²) in [6.07, 6.45) is 2.88. The molecule has 6 nitrogen and oxygen atoms in total. The predicted molar refractivity (Wildman–Crippen MR) is 64.1 cm³/mol. The minimum absolute atomic E-state index is 0.259. The molecule has 0 N–H and O–H groups in total. The van der Waals surface area contributed by atoms with Gasteiger partial charge in [0.1, 0.15) is 0 Å². The molecule has 1 aliphatic heterocycles. The van der Waals surface area contributed by atoms with E-state index in [-0.39, 0.29) is 5.92 Å². The largest absolute Gasteiger partial charge is 0.381 e. The van der Waals surface area contributed by atoms with Crippen molar-refractivity contribution >= 4 is 0 Å². The van der Waals surface area contributed by atoms with Crippen LogP contribution in [0.2, 0.25) is 0 Å². The Hall–Kier alpha value is -1.69. The molecular weight excluding hydrogens is 232 g/mol. The first kappa shape index (κ1) is 11.4. The molecule has 0 aliphatic carbocycles. The Morgan fingerprint density at radius 3 is 3.00 bits per heavy atom. The zero-order valence-corrected chi connectivity index (χ0v) is 10.5. The third-order valence-electron chi connectivity index (χ3n) is 3.09. The van der Waals surface area contributed by atoms with Crippen molar-refractivity contribution in [3.05, 3.63) is 18.1 Å². The molecule has 6 heteroatoms. The number of rotatable bonds is 3. The lowest BCUT2D eigenvalue weighted by atomic mass is 10.1. The number of hydrogen-bond acceptors (Lipinski definition) is 5. The Labute approximate surface area is 105 Å².